The maximum absolute atomic E-state index is 6.69. The molecule has 0 amide bonds. The number of rotatable bonds is 6. The van der Waals surface area contributed by atoms with Crippen LogP contribution in [0, 0.1) is 0 Å². The first-order chi connectivity index (χ1) is 15.8. The van der Waals surface area contributed by atoms with Crippen LogP contribution in [-0.2, 0) is 0 Å². The van der Waals surface area contributed by atoms with Crippen molar-refractivity contribution in [2.24, 2.45) is 4.99 Å². The molecule has 1 aliphatic rings. The average molecular weight is 479 g/mol. The third kappa shape index (κ3) is 5.26. The molecule has 3 nitrogen and oxygen atoms in total. The quantitative estimate of drug-likeness (QED) is 0.330. The molecule has 3 aromatic carbocycles. The van der Waals surface area contributed by atoms with Gasteiger partial charge in [0.25, 0.3) is 0 Å². The number of halogens is 2. The highest BCUT2D eigenvalue weighted by Gasteiger charge is 2.31. The van der Waals surface area contributed by atoms with Gasteiger partial charge in [-0.1, -0.05) is 42.3 Å². The second kappa shape index (κ2) is 9.62. The molecule has 0 N–H and O–H groups in total. The van der Waals surface area contributed by atoms with Crippen LogP contribution < -0.4 is 9.64 Å². The molecular formula is C28H28Cl2N2O. The van der Waals surface area contributed by atoms with E-state index in [4.69, 9.17) is 27.9 Å². The number of hydrogen-bond acceptors (Lipinski definition) is 3. The number of benzene rings is 3. The van der Waals surface area contributed by atoms with Crippen LogP contribution in [0.4, 0.5) is 11.4 Å². The summed E-state index contributed by atoms with van der Waals surface area (Å²) in [5.74, 6) is 1.42. The summed E-state index contributed by atoms with van der Waals surface area (Å²) in [4.78, 5) is 7.07. The number of fused-ring (bicyclic) bond motifs is 1. The van der Waals surface area contributed by atoms with E-state index in [2.05, 4.69) is 55.8 Å². The molecule has 0 bridgehead atoms. The number of aliphatic imine (C=N–C) groups is 1. The van der Waals surface area contributed by atoms with Gasteiger partial charge in [0.15, 0.2) is 0 Å². The SMILES string of the molecule is CCCN1c2cc(Cl)c(C=Nc3ccc(Oc4cccc(Cl)c4)cc3)cc2C(C)=CC1(C)C. The van der Waals surface area contributed by atoms with Crippen LogP contribution in [0.1, 0.15) is 45.2 Å². The van der Waals surface area contributed by atoms with E-state index in [1.54, 1.807) is 6.07 Å². The number of hydrogen-bond donors (Lipinski definition) is 0. The molecule has 170 valence electrons. The van der Waals surface area contributed by atoms with Crippen molar-refractivity contribution >= 4 is 46.4 Å². The second-order valence-electron chi connectivity index (χ2n) is 8.84. The first-order valence-corrected chi connectivity index (χ1v) is 11.9. The molecule has 1 aliphatic heterocycles. The minimum atomic E-state index is -0.0407. The molecule has 5 heteroatoms. The van der Waals surface area contributed by atoms with Gasteiger partial charge in [0.05, 0.1) is 16.2 Å². The van der Waals surface area contributed by atoms with E-state index in [1.165, 1.54) is 16.8 Å². The zero-order chi connectivity index (χ0) is 23.6. The lowest BCUT2D eigenvalue weighted by Crippen LogP contribution is -2.45. The number of allylic oxidation sites excluding steroid dienone is 1. The van der Waals surface area contributed by atoms with Gasteiger partial charge in [-0.15, -0.1) is 0 Å². The first-order valence-electron chi connectivity index (χ1n) is 11.2. The lowest BCUT2D eigenvalue weighted by Gasteiger charge is -2.43. The zero-order valence-corrected chi connectivity index (χ0v) is 20.9. The normalized spacial score (nSPS) is 14.8. The van der Waals surface area contributed by atoms with Crippen molar-refractivity contribution in [2.45, 2.75) is 39.7 Å². The average Bonchev–Trinajstić information content (AvgIpc) is 2.76. The fourth-order valence-electron chi connectivity index (χ4n) is 4.26. The van der Waals surface area contributed by atoms with Gasteiger partial charge in [-0.3, -0.25) is 4.99 Å². The van der Waals surface area contributed by atoms with Crippen LogP contribution in [0.15, 0.2) is 71.7 Å². The summed E-state index contributed by atoms with van der Waals surface area (Å²) in [5.41, 5.74) is 5.34. The fourth-order valence-corrected chi connectivity index (χ4v) is 4.64. The molecule has 0 fully saturated rings. The molecule has 4 rings (SSSR count). The monoisotopic (exact) mass is 478 g/mol. The van der Waals surface area contributed by atoms with Crippen molar-refractivity contribution in [3.63, 3.8) is 0 Å². The van der Waals surface area contributed by atoms with Crippen LogP contribution in [0.25, 0.3) is 5.57 Å². The van der Waals surface area contributed by atoms with Crippen LogP contribution in [0.3, 0.4) is 0 Å². The highest BCUT2D eigenvalue weighted by atomic mass is 35.5. The Balaban J connectivity index is 1.56. The van der Waals surface area contributed by atoms with Crippen LogP contribution >= 0.6 is 23.2 Å². The van der Waals surface area contributed by atoms with Crippen molar-refractivity contribution < 1.29 is 4.74 Å². The molecule has 0 radical (unpaired) electrons. The lowest BCUT2D eigenvalue weighted by atomic mass is 9.88. The minimum absolute atomic E-state index is 0.0407. The van der Waals surface area contributed by atoms with E-state index in [0.29, 0.717) is 15.8 Å². The molecule has 0 atom stereocenters. The standard InChI is InChI=1S/C28H28Cl2N2O/c1-5-13-32-27-16-26(30)20(14-25(27)19(2)17-28(32,3)4)18-31-22-9-11-23(12-10-22)33-24-8-6-7-21(29)15-24/h6-12,14-18H,5,13H2,1-4H3. The first kappa shape index (κ1) is 23.4. The largest absolute Gasteiger partial charge is 0.457 e. The third-order valence-corrected chi connectivity index (χ3v) is 6.33. The maximum atomic E-state index is 6.69. The summed E-state index contributed by atoms with van der Waals surface area (Å²) < 4.78 is 5.85. The predicted molar refractivity (Wildman–Crippen MR) is 142 cm³/mol. The smallest absolute Gasteiger partial charge is 0.128 e. The van der Waals surface area contributed by atoms with Crippen molar-refractivity contribution in [1.29, 1.82) is 0 Å². The molecule has 0 aliphatic carbocycles. The summed E-state index contributed by atoms with van der Waals surface area (Å²) >= 11 is 12.7. The van der Waals surface area contributed by atoms with Gasteiger partial charge in [0, 0.05) is 34.6 Å². The number of anilines is 1. The Kier molecular flexibility index (Phi) is 6.83. The van der Waals surface area contributed by atoms with Gasteiger partial charge in [0.1, 0.15) is 11.5 Å². The van der Waals surface area contributed by atoms with Gasteiger partial charge < -0.3 is 9.64 Å². The van der Waals surface area contributed by atoms with E-state index >= 15 is 0 Å². The molecule has 0 unspecified atom stereocenters. The second-order valence-corrected chi connectivity index (χ2v) is 9.68. The van der Waals surface area contributed by atoms with Gasteiger partial charge in [-0.05, 0) is 87.4 Å². The van der Waals surface area contributed by atoms with E-state index in [1.807, 2.05) is 48.7 Å². The highest BCUT2D eigenvalue weighted by molar-refractivity contribution is 6.33. The molecule has 1 heterocycles. The summed E-state index contributed by atoms with van der Waals surface area (Å²) in [6, 6.07) is 19.2. The Morgan fingerprint density at radius 3 is 2.45 bits per heavy atom. The van der Waals surface area contributed by atoms with Crippen LogP contribution in [-0.4, -0.2) is 18.3 Å². The van der Waals surface area contributed by atoms with E-state index in [0.717, 1.165) is 30.0 Å². The Morgan fingerprint density at radius 1 is 1.00 bits per heavy atom. The summed E-state index contributed by atoms with van der Waals surface area (Å²) in [7, 11) is 0. The number of ether oxygens (including phenoxy) is 1. The third-order valence-electron chi connectivity index (χ3n) is 5.76. The Hall–Kier alpha value is -2.75. The Morgan fingerprint density at radius 2 is 1.76 bits per heavy atom. The van der Waals surface area contributed by atoms with Crippen LogP contribution in [0.5, 0.6) is 11.5 Å². The van der Waals surface area contributed by atoms with Crippen molar-refractivity contribution in [3.8, 4) is 11.5 Å². The Bertz CT molecular complexity index is 1210. The van der Waals surface area contributed by atoms with Gasteiger partial charge in [-0.25, -0.2) is 0 Å². The van der Waals surface area contributed by atoms with E-state index in [-0.39, 0.29) is 5.54 Å². The molecule has 0 aromatic heterocycles. The fraction of sp³-hybridized carbons (Fsp3) is 0.250. The topological polar surface area (TPSA) is 24.8 Å². The van der Waals surface area contributed by atoms with E-state index < -0.39 is 0 Å². The molecule has 0 saturated heterocycles. The summed E-state index contributed by atoms with van der Waals surface area (Å²) in [6.45, 7) is 9.85. The van der Waals surface area contributed by atoms with Gasteiger partial charge in [-0.2, -0.15) is 0 Å². The van der Waals surface area contributed by atoms with Gasteiger partial charge >= 0.3 is 0 Å². The van der Waals surface area contributed by atoms with Gasteiger partial charge in [0.2, 0.25) is 0 Å². The molecular weight excluding hydrogens is 451 g/mol. The van der Waals surface area contributed by atoms with Crippen LogP contribution in [0.2, 0.25) is 10.0 Å². The lowest BCUT2D eigenvalue weighted by molar-refractivity contribution is 0.483. The maximum Gasteiger partial charge on any atom is 0.128 e. The zero-order valence-electron chi connectivity index (χ0n) is 19.4. The molecule has 0 spiro atoms. The molecule has 0 saturated carbocycles. The summed E-state index contributed by atoms with van der Waals surface area (Å²) in [5, 5.41) is 1.34. The molecule has 3 aromatic rings. The minimum Gasteiger partial charge on any atom is -0.457 e. The number of nitrogens with zero attached hydrogens (tertiary/aromatic N) is 2. The Labute approximate surface area is 206 Å². The van der Waals surface area contributed by atoms with Crippen molar-refractivity contribution in [2.75, 3.05) is 11.4 Å². The summed E-state index contributed by atoms with van der Waals surface area (Å²) in [6.07, 6.45) is 5.23. The van der Waals surface area contributed by atoms with Crippen molar-refractivity contribution in [3.05, 3.63) is 87.9 Å². The predicted octanol–water partition coefficient (Wildman–Crippen LogP) is 8.95. The molecule has 33 heavy (non-hydrogen) atoms. The highest BCUT2D eigenvalue weighted by Crippen LogP contribution is 2.41. The van der Waals surface area contributed by atoms with Crippen molar-refractivity contribution in [1.82, 2.24) is 0 Å². The van der Waals surface area contributed by atoms with E-state index in [9.17, 15) is 0 Å².